The topological polar surface area (TPSA) is 112 Å². The summed E-state index contributed by atoms with van der Waals surface area (Å²) in [6.07, 6.45) is 12.0. The summed E-state index contributed by atoms with van der Waals surface area (Å²) in [5.41, 5.74) is -3.19. The van der Waals surface area contributed by atoms with Crippen LogP contribution < -0.4 is 0 Å². The van der Waals surface area contributed by atoms with Crippen LogP contribution in [0.1, 0.15) is 139 Å². The average molecular weight is 611 g/mol. The molecule has 2 unspecified atom stereocenters. The molecular formula is C38H58O6. The van der Waals surface area contributed by atoms with Crippen LogP contribution in [0.5, 0.6) is 0 Å². The summed E-state index contributed by atoms with van der Waals surface area (Å²) < 4.78 is 0. The Hall–Kier alpha value is -1.69. The van der Waals surface area contributed by atoms with Crippen molar-refractivity contribution in [3.8, 4) is 0 Å². The summed E-state index contributed by atoms with van der Waals surface area (Å²) in [6.45, 7) is 18.3. The number of carboxylic acids is 2. The summed E-state index contributed by atoms with van der Waals surface area (Å²) >= 11 is 0. The number of ketones is 1. The van der Waals surface area contributed by atoms with Crippen molar-refractivity contribution in [3.63, 3.8) is 0 Å². The monoisotopic (exact) mass is 610 g/mol. The Morgan fingerprint density at radius 3 is 2.09 bits per heavy atom. The van der Waals surface area contributed by atoms with E-state index in [1.54, 1.807) is 0 Å². The fourth-order valence-corrected chi connectivity index (χ4v) is 13.5. The molecule has 44 heavy (non-hydrogen) atoms. The molecule has 0 aromatic heterocycles. The zero-order valence-electron chi connectivity index (χ0n) is 28.6. The van der Waals surface area contributed by atoms with Crippen LogP contribution in [-0.2, 0) is 14.4 Å². The molecule has 5 saturated carbocycles. The number of hydrogen-bond donors (Lipinski definition) is 3. The number of carboxylic acid groups (broad SMARTS) is 2. The van der Waals surface area contributed by atoms with E-state index < -0.39 is 39.7 Å². The lowest BCUT2D eigenvalue weighted by Gasteiger charge is -2.73. The van der Waals surface area contributed by atoms with Gasteiger partial charge in [0.15, 0.2) is 5.78 Å². The first-order valence-corrected chi connectivity index (χ1v) is 17.6. The molecule has 246 valence electrons. The molecule has 6 aliphatic carbocycles. The van der Waals surface area contributed by atoms with Crippen molar-refractivity contribution in [1.29, 1.82) is 0 Å². The van der Waals surface area contributed by atoms with Crippen molar-refractivity contribution in [3.05, 3.63) is 11.6 Å². The van der Waals surface area contributed by atoms with E-state index in [1.807, 2.05) is 13.8 Å². The minimum Gasteiger partial charge on any atom is -0.481 e. The maximum Gasteiger partial charge on any atom is 0.313 e. The fraction of sp³-hybridized carbons (Fsp3) is 0.868. The SMILES string of the molecule is CC1(C)CC[C@]2(C)CC[C@]3(C)C(=CC(=O)C4[C@@]5(C)CC[C@](O)([C@@]6(C(=O)O)CCCC[C@@H]6C(=O)O)C(C)(C)C5CC[C@]43C)[C@H]2C1. The molecule has 3 N–H and O–H groups in total. The number of rotatable bonds is 3. The van der Waals surface area contributed by atoms with E-state index in [0.717, 1.165) is 25.7 Å². The summed E-state index contributed by atoms with van der Waals surface area (Å²) in [6, 6.07) is 0. The summed E-state index contributed by atoms with van der Waals surface area (Å²) in [4.78, 5) is 40.6. The summed E-state index contributed by atoms with van der Waals surface area (Å²) in [5.74, 6) is -3.11. The second kappa shape index (κ2) is 9.44. The molecule has 6 nitrogen and oxygen atoms in total. The maximum absolute atomic E-state index is 14.7. The largest absolute Gasteiger partial charge is 0.481 e. The molecule has 0 radical (unpaired) electrons. The Labute approximate surface area is 264 Å². The summed E-state index contributed by atoms with van der Waals surface area (Å²) in [5, 5.41) is 34.0. The molecule has 0 aromatic rings. The quantitative estimate of drug-likeness (QED) is 0.298. The third-order valence-electron chi connectivity index (χ3n) is 16.4. The second-order valence-electron chi connectivity index (χ2n) is 18.9. The smallest absolute Gasteiger partial charge is 0.313 e. The minimum absolute atomic E-state index is 0.0882. The molecular weight excluding hydrogens is 552 g/mol. The van der Waals surface area contributed by atoms with Gasteiger partial charge in [0.1, 0.15) is 5.41 Å². The van der Waals surface area contributed by atoms with Crippen molar-refractivity contribution >= 4 is 17.7 Å². The van der Waals surface area contributed by atoms with Gasteiger partial charge in [-0.2, -0.15) is 0 Å². The molecule has 0 saturated heterocycles. The zero-order chi connectivity index (χ0) is 32.5. The molecule has 0 amide bonds. The zero-order valence-corrected chi connectivity index (χ0v) is 28.6. The Kier molecular flexibility index (Phi) is 6.92. The number of carbonyl (C=O) groups excluding carboxylic acids is 1. The molecule has 6 heteroatoms. The normalized spacial score (nSPS) is 51.1. The fourth-order valence-electron chi connectivity index (χ4n) is 13.5. The first-order chi connectivity index (χ1) is 20.2. The number of allylic oxidation sites excluding steroid dienone is 2. The van der Waals surface area contributed by atoms with E-state index in [9.17, 15) is 29.7 Å². The van der Waals surface area contributed by atoms with Crippen LogP contribution in [0.25, 0.3) is 0 Å². The molecule has 10 atom stereocenters. The third kappa shape index (κ3) is 3.73. The third-order valence-corrected chi connectivity index (χ3v) is 16.4. The van der Waals surface area contributed by atoms with Crippen molar-refractivity contribution in [2.75, 3.05) is 0 Å². The number of carbonyl (C=O) groups is 3. The predicted octanol–water partition coefficient (Wildman–Crippen LogP) is 8.06. The van der Waals surface area contributed by atoms with Crippen molar-refractivity contribution in [2.24, 2.45) is 61.6 Å². The molecule has 6 rings (SSSR count). The molecule has 6 aliphatic rings. The minimum atomic E-state index is -1.75. The van der Waals surface area contributed by atoms with Crippen LogP contribution >= 0.6 is 0 Å². The van der Waals surface area contributed by atoms with Crippen LogP contribution in [0, 0.1) is 61.6 Å². The molecule has 5 fully saturated rings. The van der Waals surface area contributed by atoms with Crippen molar-refractivity contribution < 1.29 is 29.7 Å². The first-order valence-electron chi connectivity index (χ1n) is 17.6. The number of hydrogen-bond acceptors (Lipinski definition) is 4. The van der Waals surface area contributed by atoms with Gasteiger partial charge in [0.25, 0.3) is 0 Å². The van der Waals surface area contributed by atoms with Crippen LogP contribution in [0.15, 0.2) is 11.6 Å². The van der Waals surface area contributed by atoms with E-state index in [4.69, 9.17) is 0 Å². The highest BCUT2D eigenvalue weighted by Crippen LogP contribution is 2.77. The Morgan fingerprint density at radius 2 is 1.45 bits per heavy atom. The Bertz CT molecular complexity index is 1310. The van der Waals surface area contributed by atoms with Gasteiger partial charge in [0.2, 0.25) is 0 Å². The van der Waals surface area contributed by atoms with E-state index in [-0.39, 0.29) is 58.5 Å². The standard InChI is InChI=1S/C38H58O6/c1-31(2)15-16-33(5)17-19-35(7)24(25(33)22-31)21-26(39)28-34(6)18-20-38(44,32(3,4)27(34)12-14-36(28,35)8)37(30(42)43)13-10-9-11-23(37)29(40)41/h21,23,25,27-28,44H,9-20,22H2,1-8H3,(H,40,41)(H,42,43)/t23-,25-,27?,28?,33-,34+,35-,36-,37+,38-/m1/s1. The van der Waals surface area contributed by atoms with E-state index >= 15 is 0 Å². The van der Waals surface area contributed by atoms with Gasteiger partial charge in [-0.3, -0.25) is 14.4 Å². The van der Waals surface area contributed by atoms with Gasteiger partial charge in [-0.1, -0.05) is 73.8 Å². The number of aliphatic hydroxyl groups is 1. The Morgan fingerprint density at radius 1 is 0.795 bits per heavy atom. The lowest BCUT2D eigenvalue weighted by atomic mass is 9.31. The van der Waals surface area contributed by atoms with Gasteiger partial charge in [-0.05, 0) is 121 Å². The second-order valence-corrected chi connectivity index (χ2v) is 18.9. The lowest BCUT2D eigenvalue weighted by Crippen LogP contribution is -2.74. The predicted molar refractivity (Wildman–Crippen MR) is 170 cm³/mol. The van der Waals surface area contributed by atoms with Crippen molar-refractivity contribution in [1.82, 2.24) is 0 Å². The Balaban J connectivity index is 1.44. The summed E-state index contributed by atoms with van der Waals surface area (Å²) in [7, 11) is 0. The lowest BCUT2D eigenvalue weighted by molar-refractivity contribution is -0.278. The highest BCUT2D eigenvalue weighted by Gasteiger charge is 2.76. The van der Waals surface area contributed by atoms with Gasteiger partial charge in [-0.15, -0.1) is 0 Å². The van der Waals surface area contributed by atoms with E-state index in [1.165, 1.54) is 24.8 Å². The van der Waals surface area contributed by atoms with Gasteiger partial charge in [0.05, 0.1) is 11.5 Å². The van der Waals surface area contributed by atoms with Gasteiger partial charge >= 0.3 is 11.9 Å². The van der Waals surface area contributed by atoms with Gasteiger partial charge < -0.3 is 15.3 Å². The number of aliphatic carboxylic acids is 2. The average Bonchev–Trinajstić information content (AvgIpc) is 2.92. The van der Waals surface area contributed by atoms with Gasteiger partial charge in [0, 0.05) is 5.92 Å². The van der Waals surface area contributed by atoms with Crippen LogP contribution in [0.3, 0.4) is 0 Å². The molecule has 0 aromatic carbocycles. The number of fused-ring (bicyclic) bond motifs is 7. The van der Waals surface area contributed by atoms with Crippen LogP contribution in [0.2, 0.25) is 0 Å². The molecule has 0 heterocycles. The maximum atomic E-state index is 14.7. The van der Waals surface area contributed by atoms with E-state index in [2.05, 4.69) is 47.6 Å². The van der Waals surface area contributed by atoms with Crippen LogP contribution in [0.4, 0.5) is 0 Å². The van der Waals surface area contributed by atoms with Crippen molar-refractivity contribution in [2.45, 2.75) is 144 Å². The molecule has 0 bridgehead atoms. The highest BCUT2D eigenvalue weighted by atomic mass is 16.4. The van der Waals surface area contributed by atoms with E-state index in [0.29, 0.717) is 25.2 Å². The van der Waals surface area contributed by atoms with Crippen LogP contribution in [-0.4, -0.2) is 38.6 Å². The first kappa shape index (κ1) is 32.3. The molecule has 0 aliphatic heterocycles. The highest BCUT2D eigenvalue weighted by molar-refractivity contribution is 5.95. The molecule has 0 spiro atoms. The van der Waals surface area contributed by atoms with Gasteiger partial charge in [-0.25, -0.2) is 0 Å².